The summed E-state index contributed by atoms with van der Waals surface area (Å²) in [5, 5.41) is 2.56. The third-order valence-electron chi connectivity index (χ3n) is 3.69. The maximum absolute atomic E-state index is 12.1. The molecule has 0 radical (unpaired) electrons. The Balaban J connectivity index is 2.01. The predicted octanol–water partition coefficient (Wildman–Crippen LogP) is 1.48. The van der Waals surface area contributed by atoms with Gasteiger partial charge in [-0.15, -0.1) is 0 Å². The van der Waals surface area contributed by atoms with Crippen molar-refractivity contribution >= 4 is 15.7 Å². The molecule has 1 aromatic heterocycles. The number of rotatable bonds is 3. The smallest absolute Gasteiger partial charge is 0.270 e. The second-order valence-corrected chi connectivity index (χ2v) is 7.78. The van der Waals surface area contributed by atoms with E-state index < -0.39 is 9.84 Å². The molecule has 1 N–H and O–H groups in total. The molecule has 0 aromatic carbocycles. The van der Waals surface area contributed by atoms with Crippen LogP contribution < -0.4 is 5.32 Å². The maximum Gasteiger partial charge on any atom is 0.270 e. The van der Waals surface area contributed by atoms with Crippen molar-refractivity contribution in [2.75, 3.05) is 6.26 Å². The lowest BCUT2D eigenvalue weighted by atomic mass is 9.95. The molecule has 20 heavy (non-hydrogen) atoms. The van der Waals surface area contributed by atoms with Crippen molar-refractivity contribution in [1.82, 2.24) is 10.3 Å². The molecule has 5 nitrogen and oxygen atoms in total. The van der Waals surface area contributed by atoms with Crippen LogP contribution >= 0.6 is 0 Å². The molecule has 6 heteroatoms. The van der Waals surface area contributed by atoms with Crippen molar-refractivity contribution in [1.29, 1.82) is 0 Å². The Labute approximate surface area is 119 Å². The zero-order chi connectivity index (χ0) is 14.8. The molecule has 110 valence electrons. The van der Waals surface area contributed by atoms with Crippen LogP contribution in [-0.2, 0) is 9.84 Å². The summed E-state index contributed by atoms with van der Waals surface area (Å²) in [6, 6.07) is 5.20. The molecule has 0 saturated heterocycles. The minimum Gasteiger partial charge on any atom is -0.348 e. The number of hydrogen-bond donors (Lipinski definition) is 1. The third kappa shape index (κ3) is 3.79. The first kappa shape index (κ1) is 15.0. The van der Waals surface area contributed by atoms with Crippen molar-refractivity contribution in [3.05, 3.63) is 29.6 Å². The van der Waals surface area contributed by atoms with Gasteiger partial charge in [-0.05, 0) is 38.3 Å². The van der Waals surface area contributed by atoms with Gasteiger partial charge in [0.25, 0.3) is 5.91 Å². The molecule has 0 aliphatic heterocycles. The number of hydrogen-bond acceptors (Lipinski definition) is 4. The van der Waals surface area contributed by atoms with Gasteiger partial charge >= 0.3 is 0 Å². The van der Waals surface area contributed by atoms with E-state index in [1.54, 1.807) is 12.1 Å². The van der Waals surface area contributed by atoms with Crippen LogP contribution in [-0.4, -0.2) is 36.9 Å². The average Bonchev–Trinajstić information content (AvgIpc) is 2.38. The molecule has 1 heterocycles. The third-order valence-corrected chi connectivity index (χ3v) is 5.33. The lowest BCUT2D eigenvalue weighted by Crippen LogP contribution is -2.42. The van der Waals surface area contributed by atoms with Crippen LogP contribution in [0.4, 0.5) is 0 Å². The molecule has 2 rings (SSSR count). The predicted molar refractivity (Wildman–Crippen MR) is 77.3 cm³/mol. The summed E-state index contributed by atoms with van der Waals surface area (Å²) in [5.74, 6) is -0.229. The maximum atomic E-state index is 12.1. The second kappa shape index (κ2) is 5.91. The van der Waals surface area contributed by atoms with E-state index >= 15 is 0 Å². The molecule has 0 spiro atoms. The molecular weight excluding hydrogens is 276 g/mol. The SMILES string of the molecule is Cc1cccc(C(=O)N[C@@H]2CCC[C@@H](S(C)(=O)=O)C2)n1. The Morgan fingerprint density at radius 1 is 1.35 bits per heavy atom. The fourth-order valence-electron chi connectivity index (χ4n) is 2.59. The van der Waals surface area contributed by atoms with Gasteiger partial charge in [-0.2, -0.15) is 0 Å². The van der Waals surface area contributed by atoms with Gasteiger partial charge < -0.3 is 5.32 Å². The Kier molecular flexibility index (Phi) is 4.42. The summed E-state index contributed by atoms with van der Waals surface area (Å²) in [7, 11) is -3.03. The molecule has 2 atom stereocenters. The number of nitrogens with one attached hydrogen (secondary N) is 1. The highest BCUT2D eigenvalue weighted by molar-refractivity contribution is 7.91. The molecule has 1 aliphatic rings. The summed E-state index contributed by atoms with van der Waals surface area (Å²) in [6.07, 6.45) is 4.10. The number of pyridine rings is 1. The van der Waals surface area contributed by atoms with Gasteiger partial charge in [0.15, 0.2) is 0 Å². The Morgan fingerprint density at radius 2 is 2.10 bits per heavy atom. The van der Waals surface area contributed by atoms with E-state index in [0.29, 0.717) is 18.5 Å². The van der Waals surface area contributed by atoms with E-state index in [0.717, 1.165) is 18.5 Å². The normalized spacial score (nSPS) is 23.3. The number of aryl methyl sites for hydroxylation is 1. The Hall–Kier alpha value is -1.43. The van der Waals surface area contributed by atoms with Gasteiger partial charge in [0.1, 0.15) is 15.5 Å². The van der Waals surface area contributed by atoms with Gasteiger partial charge in [-0.25, -0.2) is 13.4 Å². The van der Waals surface area contributed by atoms with E-state index in [-0.39, 0.29) is 17.2 Å². The molecule has 1 amide bonds. The highest BCUT2D eigenvalue weighted by Crippen LogP contribution is 2.24. The van der Waals surface area contributed by atoms with Crippen LogP contribution in [0.15, 0.2) is 18.2 Å². The molecule has 1 saturated carbocycles. The fraction of sp³-hybridized carbons (Fsp3) is 0.571. The van der Waals surface area contributed by atoms with Gasteiger partial charge in [0.2, 0.25) is 0 Å². The van der Waals surface area contributed by atoms with Crippen molar-refractivity contribution in [2.45, 2.75) is 43.9 Å². The molecule has 1 fully saturated rings. The summed E-state index contributed by atoms with van der Waals surface area (Å²) in [5.41, 5.74) is 1.17. The standard InChI is InChI=1S/C14H20N2O3S/c1-10-5-3-8-13(15-10)14(17)16-11-6-4-7-12(9-11)20(2,18)19/h3,5,8,11-12H,4,6-7,9H2,1-2H3,(H,16,17)/t11-,12-/m1/s1. The first-order valence-electron chi connectivity index (χ1n) is 6.79. The van der Waals surface area contributed by atoms with Crippen LogP contribution in [0.1, 0.15) is 41.9 Å². The van der Waals surface area contributed by atoms with E-state index in [9.17, 15) is 13.2 Å². The topological polar surface area (TPSA) is 76.1 Å². The Bertz CT molecular complexity index is 598. The van der Waals surface area contributed by atoms with Crippen LogP contribution in [0, 0.1) is 6.92 Å². The summed E-state index contributed by atoms with van der Waals surface area (Å²) >= 11 is 0. The number of carbonyl (C=O) groups excluding carboxylic acids is 1. The van der Waals surface area contributed by atoms with E-state index in [1.807, 2.05) is 13.0 Å². The van der Waals surface area contributed by atoms with Gasteiger partial charge in [-0.1, -0.05) is 12.5 Å². The summed E-state index contributed by atoms with van der Waals surface area (Å²) in [6.45, 7) is 1.83. The number of sulfone groups is 1. The fourth-order valence-corrected chi connectivity index (χ4v) is 3.77. The van der Waals surface area contributed by atoms with Crippen molar-refractivity contribution in [2.24, 2.45) is 0 Å². The highest BCUT2D eigenvalue weighted by Gasteiger charge is 2.29. The monoisotopic (exact) mass is 296 g/mol. The number of nitrogens with zero attached hydrogens (tertiary/aromatic N) is 1. The number of aromatic nitrogens is 1. The minimum absolute atomic E-state index is 0.0849. The first-order chi connectivity index (χ1) is 9.36. The van der Waals surface area contributed by atoms with Crippen LogP contribution in [0.25, 0.3) is 0 Å². The molecule has 1 aliphatic carbocycles. The van der Waals surface area contributed by atoms with Gasteiger partial charge in [0.05, 0.1) is 5.25 Å². The average molecular weight is 296 g/mol. The van der Waals surface area contributed by atoms with Crippen molar-refractivity contribution in [3.8, 4) is 0 Å². The lowest BCUT2D eigenvalue weighted by Gasteiger charge is -2.28. The van der Waals surface area contributed by atoms with Gasteiger partial charge in [0, 0.05) is 18.0 Å². The van der Waals surface area contributed by atoms with E-state index in [4.69, 9.17) is 0 Å². The number of amides is 1. The Morgan fingerprint density at radius 3 is 2.75 bits per heavy atom. The van der Waals surface area contributed by atoms with Gasteiger partial charge in [-0.3, -0.25) is 4.79 Å². The number of carbonyl (C=O) groups is 1. The molecular formula is C14H20N2O3S. The quantitative estimate of drug-likeness (QED) is 0.916. The lowest BCUT2D eigenvalue weighted by molar-refractivity contribution is 0.0922. The summed E-state index contributed by atoms with van der Waals surface area (Å²) < 4.78 is 23.2. The van der Waals surface area contributed by atoms with E-state index in [2.05, 4.69) is 10.3 Å². The van der Waals surface area contributed by atoms with Crippen LogP contribution in [0.5, 0.6) is 0 Å². The zero-order valence-electron chi connectivity index (χ0n) is 11.8. The first-order valence-corrected chi connectivity index (χ1v) is 8.75. The van der Waals surface area contributed by atoms with Crippen LogP contribution in [0.2, 0.25) is 0 Å². The van der Waals surface area contributed by atoms with Crippen molar-refractivity contribution in [3.63, 3.8) is 0 Å². The van der Waals surface area contributed by atoms with Crippen LogP contribution in [0.3, 0.4) is 0 Å². The molecule has 0 unspecified atom stereocenters. The second-order valence-electron chi connectivity index (χ2n) is 5.45. The molecule has 1 aromatic rings. The zero-order valence-corrected chi connectivity index (χ0v) is 12.6. The summed E-state index contributed by atoms with van der Waals surface area (Å²) in [4.78, 5) is 16.3. The van der Waals surface area contributed by atoms with Crippen molar-refractivity contribution < 1.29 is 13.2 Å². The minimum atomic E-state index is -3.03. The largest absolute Gasteiger partial charge is 0.348 e. The van der Waals surface area contributed by atoms with E-state index in [1.165, 1.54) is 6.26 Å². The molecule has 0 bridgehead atoms. The highest BCUT2D eigenvalue weighted by atomic mass is 32.2.